The molecule has 0 spiro atoms. The number of imidazole rings is 1. The lowest BCUT2D eigenvalue weighted by Crippen LogP contribution is -2.37. The zero-order valence-corrected chi connectivity index (χ0v) is 14.7. The van der Waals surface area contributed by atoms with Gasteiger partial charge in [-0.3, -0.25) is 4.79 Å². The molecule has 1 aromatic heterocycles. The summed E-state index contributed by atoms with van der Waals surface area (Å²) in [5.41, 5.74) is 3.08. The predicted molar refractivity (Wildman–Crippen MR) is 101 cm³/mol. The number of para-hydroxylation sites is 2. The largest absolute Gasteiger partial charge is 0.381 e. The Balaban J connectivity index is 1.59. The number of nitrogens with zero attached hydrogens (tertiary/aromatic N) is 1. The standard InChI is InChI=1S/C21H23N3O2/c25-21(16-10-12-26-13-11-16)24-19(14-15-6-2-1-3-7-15)20-22-17-8-4-5-9-18(17)23-20/h1-9,16,19H,10-14H2,(H,22,23)(H,24,25). The molecule has 1 fully saturated rings. The van der Waals surface area contributed by atoms with E-state index in [4.69, 9.17) is 9.72 Å². The number of amides is 1. The van der Waals surface area contributed by atoms with E-state index in [2.05, 4.69) is 22.4 Å². The first kappa shape index (κ1) is 16.8. The van der Waals surface area contributed by atoms with Gasteiger partial charge >= 0.3 is 0 Å². The molecule has 134 valence electrons. The van der Waals surface area contributed by atoms with E-state index < -0.39 is 0 Å². The van der Waals surface area contributed by atoms with Crippen LogP contribution in [0.25, 0.3) is 11.0 Å². The van der Waals surface area contributed by atoms with Crippen molar-refractivity contribution in [2.45, 2.75) is 25.3 Å². The second-order valence-corrected chi connectivity index (χ2v) is 6.78. The number of hydrogen-bond acceptors (Lipinski definition) is 3. The van der Waals surface area contributed by atoms with Crippen molar-refractivity contribution < 1.29 is 9.53 Å². The molecule has 26 heavy (non-hydrogen) atoms. The Labute approximate surface area is 152 Å². The Kier molecular flexibility index (Phi) is 4.97. The summed E-state index contributed by atoms with van der Waals surface area (Å²) < 4.78 is 5.38. The first-order valence-corrected chi connectivity index (χ1v) is 9.16. The van der Waals surface area contributed by atoms with Gasteiger partial charge in [0.05, 0.1) is 17.1 Å². The van der Waals surface area contributed by atoms with E-state index >= 15 is 0 Å². The molecule has 5 nitrogen and oxygen atoms in total. The van der Waals surface area contributed by atoms with E-state index in [1.165, 1.54) is 5.56 Å². The fraction of sp³-hybridized carbons (Fsp3) is 0.333. The number of rotatable bonds is 5. The molecule has 0 radical (unpaired) electrons. The van der Waals surface area contributed by atoms with E-state index in [9.17, 15) is 4.79 Å². The number of carbonyl (C=O) groups excluding carboxylic acids is 1. The number of hydrogen-bond donors (Lipinski definition) is 2. The lowest BCUT2D eigenvalue weighted by molar-refractivity contribution is -0.128. The fourth-order valence-corrected chi connectivity index (χ4v) is 3.45. The minimum absolute atomic E-state index is 0.0198. The summed E-state index contributed by atoms with van der Waals surface area (Å²) in [5.74, 6) is 0.913. The Bertz CT molecular complexity index is 836. The third kappa shape index (κ3) is 3.78. The number of nitrogens with one attached hydrogen (secondary N) is 2. The topological polar surface area (TPSA) is 67.0 Å². The van der Waals surface area contributed by atoms with Crippen LogP contribution in [0.4, 0.5) is 0 Å². The number of benzene rings is 2. The summed E-state index contributed by atoms with van der Waals surface area (Å²) in [7, 11) is 0. The van der Waals surface area contributed by atoms with Crippen LogP contribution >= 0.6 is 0 Å². The van der Waals surface area contributed by atoms with Gasteiger partial charge in [-0.05, 0) is 37.0 Å². The number of aromatic nitrogens is 2. The van der Waals surface area contributed by atoms with Crippen LogP contribution in [-0.2, 0) is 16.0 Å². The molecule has 2 aromatic carbocycles. The first-order valence-electron chi connectivity index (χ1n) is 9.16. The summed E-state index contributed by atoms with van der Waals surface area (Å²) in [4.78, 5) is 20.9. The van der Waals surface area contributed by atoms with E-state index in [0.29, 0.717) is 19.6 Å². The smallest absolute Gasteiger partial charge is 0.223 e. The van der Waals surface area contributed by atoms with Crippen LogP contribution in [0.15, 0.2) is 54.6 Å². The second kappa shape index (κ2) is 7.70. The molecule has 1 saturated heterocycles. The highest BCUT2D eigenvalue weighted by atomic mass is 16.5. The highest BCUT2D eigenvalue weighted by molar-refractivity contribution is 5.79. The highest BCUT2D eigenvalue weighted by Crippen LogP contribution is 2.22. The summed E-state index contributed by atoms with van der Waals surface area (Å²) in [6, 6.07) is 18.0. The van der Waals surface area contributed by atoms with Crippen molar-refractivity contribution in [1.82, 2.24) is 15.3 Å². The predicted octanol–water partition coefficient (Wildman–Crippen LogP) is 3.39. The molecule has 1 atom stereocenters. The van der Waals surface area contributed by atoms with Crippen molar-refractivity contribution in [1.29, 1.82) is 0 Å². The van der Waals surface area contributed by atoms with Gasteiger partial charge in [-0.1, -0.05) is 42.5 Å². The number of fused-ring (bicyclic) bond motifs is 1. The van der Waals surface area contributed by atoms with E-state index in [1.54, 1.807) is 0 Å². The normalized spacial score (nSPS) is 16.5. The van der Waals surface area contributed by atoms with Crippen LogP contribution in [0.5, 0.6) is 0 Å². The van der Waals surface area contributed by atoms with Crippen molar-refractivity contribution in [2.75, 3.05) is 13.2 Å². The molecule has 0 bridgehead atoms. The number of aromatic amines is 1. The maximum Gasteiger partial charge on any atom is 0.223 e. The van der Waals surface area contributed by atoms with E-state index in [0.717, 1.165) is 29.7 Å². The molecule has 0 aliphatic carbocycles. The van der Waals surface area contributed by atoms with Crippen LogP contribution in [-0.4, -0.2) is 29.1 Å². The summed E-state index contributed by atoms with van der Waals surface area (Å²) in [6.45, 7) is 1.32. The van der Waals surface area contributed by atoms with Gasteiger partial charge in [0.1, 0.15) is 5.82 Å². The average molecular weight is 349 g/mol. The van der Waals surface area contributed by atoms with E-state index in [-0.39, 0.29) is 17.9 Å². The van der Waals surface area contributed by atoms with Crippen molar-refractivity contribution >= 4 is 16.9 Å². The third-order valence-electron chi connectivity index (χ3n) is 4.93. The molecule has 1 unspecified atom stereocenters. The maximum absolute atomic E-state index is 12.8. The molecule has 2 N–H and O–H groups in total. The summed E-state index contributed by atoms with van der Waals surface area (Å²) in [5, 5.41) is 3.22. The van der Waals surface area contributed by atoms with Gasteiger partial charge in [0.25, 0.3) is 0 Å². The van der Waals surface area contributed by atoms with Crippen molar-refractivity contribution in [3.8, 4) is 0 Å². The van der Waals surface area contributed by atoms with Gasteiger partial charge in [0, 0.05) is 19.1 Å². The molecule has 0 saturated carbocycles. The first-order chi connectivity index (χ1) is 12.8. The minimum Gasteiger partial charge on any atom is -0.381 e. The van der Waals surface area contributed by atoms with Crippen molar-refractivity contribution in [2.24, 2.45) is 5.92 Å². The maximum atomic E-state index is 12.8. The molecule has 1 aliphatic heterocycles. The van der Waals surface area contributed by atoms with Crippen LogP contribution in [0.3, 0.4) is 0 Å². The molecule has 1 amide bonds. The lowest BCUT2D eigenvalue weighted by Gasteiger charge is -2.24. The van der Waals surface area contributed by atoms with Gasteiger partial charge < -0.3 is 15.0 Å². The second-order valence-electron chi connectivity index (χ2n) is 6.78. The fourth-order valence-electron chi connectivity index (χ4n) is 3.45. The van der Waals surface area contributed by atoms with Crippen molar-refractivity contribution in [3.05, 3.63) is 66.0 Å². The van der Waals surface area contributed by atoms with Gasteiger partial charge in [-0.2, -0.15) is 0 Å². The van der Waals surface area contributed by atoms with Crippen LogP contribution in [0.1, 0.15) is 30.3 Å². The SMILES string of the molecule is O=C(NC(Cc1ccccc1)c1nc2ccccc2[nH]1)C1CCOCC1. The van der Waals surface area contributed by atoms with Gasteiger partial charge in [0.2, 0.25) is 5.91 Å². The minimum atomic E-state index is -0.180. The zero-order chi connectivity index (χ0) is 17.8. The Morgan fingerprint density at radius 2 is 1.85 bits per heavy atom. The molecular weight excluding hydrogens is 326 g/mol. The average Bonchev–Trinajstić information content (AvgIpc) is 3.13. The highest BCUT2D eigenvalue weighted by Gasteiger charge is 2.26. The van der Waals surface area contributed by atoms with Gasteiger partial charge in [0.15, 0.2) is 0 Å². The molecule has 1 aliphatic rings. The lowest BCUT2D eigenvalue weighted by atomic mass is 9.98. The van der Waals surface area contributed by atoms with Crippen LogP contribution < -0.4 is 5.32 Å². The third-order valence-corrected chi connectivity index (χ3v) is 4.93. The van der Waals surface area contributed by atoms with E-state index in [1.807, 2.05) is 42.5 Å². The van der Waals surface area contributed by atoms with Crippen LogP contribution in [0, 0.1) is 5.92 Å². The Morgan fingerprint density at radius 1 is 1.12 bits per heavy atom. The Hall–Kier alpha value is -2.66. The molecular formula is C21H23N3O2. The molecule has 3 aromatic rings. The summed E-state index contributed by atoms with van der Waals surface area (Å²) >= 11 is 0. The van der Waals surface area contributed by atoms with Gasteiger partial charge in [-0.15, -0.1) is 0 Å². The number of H-pyrrole nitrogens is 1. The Morgan fingerprint density at radius 3 is 2.62 bits per heavy atom. The number of carbonyl (C=O) groups is 1. The van der Waals surface area contributed by atoms with Crippen LogP contribution in [0.2, 0.25) is 0 Å². The zero-order valence-electron chi connectivity index (χ0n) is 14.7. The molecule has 2 heterocycles. The molecule has 5 heteroatoms. The van der Waals surface area contributed by atoms with Gasteiger partial charge in [-0.25, -0.2) is 4.98 Å². The monoisotopic (exact) mass is 349 g/mol. The van der Waals surface area contributed by atoms with Crippen molar-refractivity contribution in [3.63, 3.8) is 0 Å². The number of ether oxygens (including phenoxy) is 1. The molecule has 4 rings (SSSR count). The quantitative estimate of drug-likeness (QED) is 0.742. The summed E-state index contributed by atoms with van der Waals surface area (Å²) in [6.07, 6.45) is 2.27.